The molecule has 4 N–H and O–H groups in total. The predicted molar refractivity (Wildman–Crippen MR) is 148 cm³/mol. The third-order valence-corrected chi connectivity index (χ3v) is 8.01. The van der Waals surface area contributed by atoms with Crippen LogP contribution in [-0.2, 0) is 6.54 Å². The van der Waals surface area contributed by atoms with Gasteiger partial charge in [-0.25, -0.2) is 8.78 Å². The number of ether oxygens (including phenoxy) is 1. The van der Waals surface area contributed by atoms with Crippen LogP contribution < -0.4 is 20.2 Å². The van der Waals surface area contributed by atoms with Crippen LogP contribution in [0.3, 0.4) is 0 Å². The van der Waals surface area contributed by atoms with E-state index in [-0.39, 0.29) is 28.9 Å². The topological polar surface area (TPSA) is 148 Å². The van der Waals surface area contributed by atoms with Gasteiger partial charge in [0.05, 0.1) is 24.1 Å². The van der Waals surface area contributed by atoms with E-state index in [9.17, 15) is 18.7 Å². The van der Waals surface area contributed by atoms with E-state index in [1.165, 1.54) is 10.6 Å². The number of anilines is 2. The molecule has 0 amide bonds. The Morgan fingerprint density at radius 1 is 1.15 bits per heavy atom. The maximum absolute atomic E-state index is 14.6. The lowest BCUT2D eigenvalue weighted by atomic mass is 10.2. The van der Waals surface area contributed by atoms with Crippen molar-refractivity contribution < 1.29 is 28.1 Å². The lowest BCUT2D eigenvalue weighted by molar-refractivity contribution is 0.0523. The van der Waals surface area contributed by atoms with E-state index in [0.29, 0.717) is 66.6 Å². The van der Waals surface area contributed by atoms with Gasteiger partial charge < -0.3 is 30.0 Å². The van der Waals surface area contributed by atoms with Gasteiger partial charge in [0.2, 0.25) is 5.95 Å². The fourth-order valence-corrected chi connectivity index (χ4v) is 5.81. The van der Waals surface area contributed by atoms with E-state index >= 15 is 0 Å². The smallest absolute Gasteiger partial charge is 0.309 e. The van der Waals surface area contributed by atoms with Gasteiger partial charge in [-0.05, 0) is 18.2 Å². The minimum Gasteiger partial charge on any atom is -0.488 e. The number of piperazine rings is 1. The number of aromatic nitrogens is 4. The molecule has 41 heavy (non-hydrogen) atoms. The first kappa shape index (κ1) is 27.1. The summed E-state index contributed by atoms with van der Waals surface area (Å²) in [5, 5.41) is 22.9. The molecule has 0 saturated carbocycles. The average molecular weight is 588 g/mol. The highest BCUT2D eigenvalue weighted by molar-refractivity contribution is 7.17. The summed E-state index contributed by atoms with van der Waals surface area (Å²) in [7, 11) is 0. The third-order valence-electron chi connectivity index (χ3n) is 7.02. The van der Waals surface area contributed by atoms with E-state index < -0.39 is 24.3 Å². The van der Waals surface area contributed by atoms with E-state index in [1.54, 1.807) is 27.9 Å². The normalized spacial score (nSPS) is 15.3. The summed E-state index contributed by atoms with van der Waals surface area (Å²) in [4.78, 5) is 21.2. The Bertz CT molecular complexity index is 1740. The number of hydrogen-bond acceptors (Lipinski definition) is 11. The number of aliphatic hydroxyl groups is 2. The maximum atomic E-state index is 14.6. The number of furan rings is 1. The number of nitrogen functional groups attached to an aromatic ring is 1. The zero-order valence-electron chi connectivity index (χ0n) is 21.7. The fourth-order valence-electron chi connectivity index (χ4n) is 4.85. The Hall–Kier alpha value is -4.05. The molecule has 0 aliphatic carbocycles. The molecular weight excluding hydrogens is 560 g/mol. The van der Waals surface area contributed by atoms with Crippen LogP contribution in [0.15, 0.2) is 45.8 Å². The number of aliphatic hydroxyl groups excluding tert-OH is 2. The second-order valence-electron chi connectivity index (χ2n) is 9.66. The Morgan fingerprint density at radius 2 is 1.95 bits per heavy atom. The number of nitrogens with two attached hydrogens (primary N) is 1. The van der Waals surface area contributed by atoms with E-state index in [0.717, 1.165) is 17.4 Å². The first-order valence-electron chi connectivity index (χ1n) is 12.9. The van der Waals surface area contributed by atoms with Crippen LogP contribution in [0.4, 0.5) is 20.4 Å². The summed E-state index contributed by atoms with van der Waals surface area (Å²) >= 11 is 1.08. The van der Waals surface area contributed by atoms with Crippen molar-refractivity contribution in [2.24, 2.45) is 0 Å². The van der Waals surface area contributed by atoms with Gasteiger partial charge in [0, 0.05) is 51.4 Å². The lowest BCUT2D eigenvalue weighted by Gasteiger charge is -2.36. The average Bonchev–Trinajstić information content (AvgIpc) is 3.71. The highest BCUT2D eigenvalue weighted by atomic mass is 32.1. The Kier molecular flexibility index (Phi) is 7.33. The molecule has 1 unspecified atom stereocenters. The third kappa shape index (κ3) is 5.24. The fraction of sp³-hybridized carbons (Fsp3) is 0.346. The summed E-state index contributed by atoms with van der Waals surface area (Å²) in [5.41, 5.74) is 8.13. The Labute approximate surface area is 235 Å². The number of benzene rings is 1. The van der Waals surface area contributed by atoms with Crippen molar-refractivity contribution in [2.75, 3.05) is 56.6 Å². The molecule has 1 aliphatic rings. The molecule has 1 atom stereocenters. The zero-order valence-corrected chi connectivity index (χ0v) is 22.6. The summed E-state index contributed by atoms with van der Waals surface area (Å²) < 4.78 is 43.3. The van der Waals surface area contributed by atoms with E-state index in [4.69, 9.17) is 20.0 Å². The van der Waals surface area contributed by atoms with Crippen LogP contribution in [-0.4, -0.2) is 86.3 Å². The largest absolute Gasteiger partial charge is 0.488 e. The van der Waals surface area contributed by atoms with Crippen molar-refractivity contribution in [3.8, 4) is 17.2 Å². The number of hydrogen-bond donors (Lipinski definition) is 3. The van der Waals surface area contributed by atoms with Crippen molar-refractivity contribution in [1.82, 2.24) is 24.1 Å². The van der Waals surface area contributed by atoms with Gasteiger partial charge in [-0.2, -0.15) is 14.6 Å². The summed E-state index contributed by atoms with van der Waals surface area (Å²) in [5.74, 6) is -1.07. The van der Waals surface area contributed by atoms with Crippen LogP contribution in [0.25, 0.3) is 27.3 Å². The van der Waals surface area contributed by atoms with Crippen LogP contribution in [0.2, 0.25) is 0 Å². The molecule has 15 heteroatoms. The monoisotopic (exact) mass is 587 g/mol. The van der Waals surface area contributed by atoms with Gasteiger partial charge in [-0.3, -0.25) is 14.3 Å². The SMILES string of the molecule is Nc1nc2c(sc(=O)n2CCN2CCN(c3cc(OCC(O)CO)c(F)cc3F)CC2)c2cc(-c3ccco3)nn12. The first-order chi connectivity index (χ1) is 19.8. The van der Waals surface area contributed by atoms with Crippen LogP contribution in [0.1, 0.15) is 0 Å². The molecule has 1 saturated heterocycles. The molecule has 216 valence electrons. The molecule has 5 heterocycles. The number of halogens is 2. The van der Waals surface area contributed by atoms with Crippen molar-refractivity contribution in [3.63, 3.8) is 0 Å². The molecule has 5 aromatic rings. The number of fused-ring (bicyclic) bond motifs is 3. The predicted octanol–water partition coefficient (Wildman–Crippen LogP) is 1.78. The van der Waals surface area contributed by atoms with Gasteiger partial charge in [-0.1, -0.05) is 11.3 Å². The Morgan fingerprint density at radius 3 is 2.68 bits per heavy atom. The first-order valence-corrected chi connectivity index (χ1v) is 13.7. The zero-order chi connectivity index (χ0) is 28.7. The second-order valence-corrected chi connectivity index (χ2v) is 10.6. The van der Waals surface area contributed by atoms with Crippen molar-refractivity contribution in [1.29, 1.82) is 0 Å². The highest BCUT2D eigenvalue weighted by Crippen LogP contribution is 2.30. The van der Waals surface area contributed by atoms with Gasteiger partial charge in [-0.15, -0.1) is 0 Å². The highest BCUT2D eigenvalue weighted by Gasteiger charge is 2.23. The van der Waals surface area contributed by atoms with Gasteiger partial charge in [0.15, 0.2) is 23.0 Å². The molecule has 6 rings (SSSR count). The van der Waals surface area contributed by atoms with Crippen LogP contribution in [0, 0.1) is 11.6 Å². The molecule has 0 radical (unpaired) electrons. The summed E-state index contributed by atoms with van der Waals surface area (Å²) in [6.45, 7) is 2.20. The molecular formula is C26H27F2N7O5S. The lowest BCUT2D eigenvalue weighted by Crippen LogP contribution is -2.47. The number of thiazole rings is 1. The molecule has 1 aromatic carbocycles. The second kappa shape index (κ2) is 11.1. The molecule has 1 fully saturated rings. The molecule has 1 aliphatic heterocycles. The molecule has 0 bridgehead atoms. The molecule has 12 nitrogen and oxygen atoms in total. The quantitative estimate of drug-likeness (QED) is 0.233. The van der Waals surface area contributed by atoms with Crippen LogP contribution in [0.5, 0.6) is 5.75 Å². The number of rotatable bonds is 9. The maximum Gasteiger partial charge on any atom is 0.309 e. The molecule has 0 spiro atoms. The van der Waals surface area contributed by atoms with Crippen molar-refractivity contribution in [3.05, 3.63) is 57.9 Å². The van der Waals surface area contributed by atoms with Crippen molar-refractivity contribution >= 4 is 38.8 Å². The van der Waals surface area contributed by atoms with E-state index in [1.807, 2.05) is 6.07 Å². The van der Waals surface area contributed by atoms with Gasteiger partial charge in [0.25, 0.3) is 0 Å². The minimum atomic E-state index is -1.17. The van der Waals surface area contributed by atoms with Crippen LogP contribution >= 0.6 is 11.3 Å². The summed E-state index contributed by atoms with van der Waals surface area (Å²) in [6, 6.07) is 7.40. The molecule has 4 aromatic heterocycles. The standard InChI is InChI=1S/C26H27F2N7O5S/c27-16-10-17(28)22(40-14-15(37)13-36)12-19(16)33-6-3-32(4-7-33)5-8-34-24-23(41-26(34)38)20-11-18(21-2-1-9-39-21)31-35(20)25(29)30-24/h1-2,9-12,15,36-37H,3-8,13-14H2,(H2,29,30). The van der Waals surface area contributed by atoms with Gasteiger partial charge in [0.1, 0.15) is 28.9 Å². The van der Waals surface area contributed by atoms with Gasteiger partial charge >= 0.3 is 4.87 Å². The van der Waals surface area contributed by atoms with Crippen molar-refractivity contribution in [2.45, 2.75) is 12.6 Å². The minimum absolute atomic E-state index is 0.154. The number of nitrogens with zero attached hydrogens (tertiary/aromatic N) is 6. The summed E-state index contributed by atoms with van der Waals surface area (Å²) in [6.07, 6.45) is 0.386. The Balaban J connectivity index is 1.14. The van der Waals surface area contributed by atoms with E-state index in [2.05, 4.69) is 15.0 Å².